The Morgan fingerprint density at radius 3 is 2.85 bits per heavy atom. The molecule has 0 aliphatic carbocycles. The van der Waals surface area contributed by atoms with E-state index < -0.39 is 0 Å². The molecule has 0 unspecified atom stereocenters. The fraction of sp³-hybridized carbons (Fsp3) is 0.375. The van der Waals surface area contributed by atoms with Crippen LogP contribution in [0.5, 0.6) is 0 Å². The Labute approximate surface area is 118 Å². The maximum atomic E-state index is 12.3. The zero-order chi connectivity index (χ0) is 14.1. The minimum atomic E-state index is -0.0229. The Hall–Kier alpha value is -1.94. The highest BCUT2D eigenvalue weighted by atomic mass is 16.1. The van der Waals surface area contributed by atoms with E-state index in [1.807, 2.05) is 32.0 Å². The summed E-state index contributed by atoms with van der Waals surface area (Å²) in [5, 5.41) is 7.22. The summed E-state index contributed by atoms with van der Waals surface area (Å²) in [7, 11) is 0. The van der Waals surface area contributed by atoms with E-state index in [0.29, 0.717) is 11.5 Å². The summed E-state index contributed by atoms with van der Waals surface area (Å²) in [5.74, 6) is 0.542. The first-order valence-electron chi connectivity index (χ1n) is 7.00. The fourth-order valence-electron chi connectivity index (χ4n) is 2.45. The summed E-state index contributed by atoms with van der Waals surface area (Å²) in [6, 6.07) is 8.05. The van der Waals surface area contributed by atoms with Gasteiger partial charge in [-0.2, -0.15) is 0 Å². The van der Waals surface area contributed by atoms with Gasteiger partial charge in [0.25, 0.3) is 5.91 Å². The molecule has 3 rings (SSSR count). The smallest absolute Gasteiger partial charge is 0.253 e. The molecule has 0 atom stereocenters. The minimum absolute atomic E-state index is 0.0229. The molecule has 4 heteroatoms. The summed E-state index contributed by atoms with van der Waals surface area (Å²) in [4.78, 5) is 16.8. The maximum Gasteiger partial charge on any atom is 0.253 e. The summed E-state index contributed by atoms with van der Waals surface area (Å²) in [6.07, 6.45) is 0. The standard InChI is InChI=1S/C16H19N3O/c1-10-3-4-15-13(5-10)6-14(11(2)19-15)16(20)18-9-12-7-17-8-12/h3-6,12,17H,7-9H2,1-2H3,(H,18,20). The van der Waals surface area contributed by atoms with E-state index in [9.17, 15) is 4.79 Å². The van der Waals surface area contributed by atoms with Crippen LogP contribution in [0.3, 0.4) is 0 Å². The third-order valence-electron chi connectivity index (χ3n) is 3.82. The number of carbonyl (C=O) groups is 1. The van der Waals surface area contributed by atoms with Gasteiger partial charge in [0.2, 0.25) is 0 Å². The van der Waals surface area contributed by atoms with Gasteiger partial charge in [0.15, 0.2) is 0 Å². The first-order valence-corrected chi connectivity index (χ1v) is 7.00. The van der Waals surface area contributed by atoms with Crippen molar-refractivity contribution in [2.24, 2.45) is 5.92 Å². The Bertz CT molecular complexity index is 662. The molecule has 0 spiro atoms. The van der Waals surface area contributed by atoms with Crippen molar-refractivity contribution in [1.29, 1.82) is 0 Å². The predicted octanol–water partition coefficient (Wildman–Crippen LogP) is 1.80. The molecule has 1 amide bonds. The number of fused-ring (bicyclic) bond motifs is 1. The number of benzene rings is 1. The van der Waals surface area contributed by atoms with Crippen molar-refractivity contribution in [2.75, 3.05) is 19.6 Å². The molecule has 2 N–H and O–H groups in total. The van der Waals surface area contributed by atoms with Crippen molar-refractivity contribution in [3.8, 4) is 0 Å². The average Bonchev–Trinajstić information content (AvgIpc) is 2.36. The molecule has 1 aromatic carbocycles. The van der Waals surface area contributed by atoms with Crippen molar-refractivity contribution >= 4 is 16.8 Å². The van der Waals surface area contributed by atoms with Gasteiger partial charge in [-0.05, 0) is 32.0 Å². The van der Waals surface area contributed by atoms with E-state index >= 15 is 0 Å². The number of hydrogen-bond donors (Lipinski definition) is 2. The third kappa shape index (κ3) is 2.51. The molecular weight excluding hydrogens is 250 g/mol. The molecule has 1 saturated heterocycles. The lowest BCUT2D eigenvalue weighted by atomic mass is 10.0. The number of nitrogens with zero attached hydrogens (tertiary/aromatic N) is 1. The molecule has 1 aliphatic rings. The largest absolute Gasteiger partial charge is 0.352 e. The van der Waals surface area contributed by atoms with Gasteiger partial charge < -0.3 is 10.6 Å². The van der Waals surface area contributed by atoms with Crippen molar-refractivity contribution in [2.45, 2.75) is 13.8 Å². The monoisotopic (exact) mass is 269 g/mol. The molecule has 1 aromatic heterocycles. The van der Waals surface area contributed by atoms with Crippen LogP contribution in [-0.2, 0) is 0 Å². The second-order valence-electron chi connectivity index (χ2n) is 5.55. The summed E-state index contributed by atoms with van der Waals surface area (Å²) in [6.45, 7) is 6.65. The lowest BCUT2D eigenvalue weighted by Crippen LogP contribution is -2.48. The van der Waals surface area contributed by atoms with Crippen LogP contribution in [0, 0.1) is 19.8 Å². The predicted molar refractivity (Wildman–Crippen MR) is 79.9 cm³/mol. The molecule has 0 radical (unpaired) electrons. The Morgan fingerprint density at radius 2 is 2.15 bits per heavy atom. The highest BCUT2D eigenvalue weighted by Crippen LogP contribution is 2.18. The van der Waals surface area contributed by atoms with Crippen LogP contribution < -0.4 is 10.6 Å². The average molecular weight is 269 g/mol. The normalized spacial score (nSPS) is 15.1. The summed E-state index contributed by atoms with van der Waals surface area (Å²) in [5.41, 5.74) is 3.57. The van der Waals surface area contributed by atoms with E-state index in [0.717, 1.165) is 36.2 Å². The van der Waals surface area contributed by atoms with Gasteiger partial charge in [-0.3, -0.25) is 9.78 Å². The molecule has 2 aromatic rings. The van der Waals surface area contributed by atoms with Gasteiger partial charge in [-0.15, -0.1) is 0 Å². The van der Waals surface area contributed by atoms with Crippen LogP contribution in [0.4, 0.5) is 0 Å². The lowest BCUT2D eigenvalue weighted by Gasteiger charge is -2.27. The minimum Gasteiger partial charge on any atom is -0.352 e. The first-order chi connectivity index (χ1) is 9.63. The number of aryl methyl sites for hydroxylation is 2. The van der Waals surface area contributed by atoms with Gasteiger partial charge in [-0.25, -0.2) is 0 Å². The Kier molecular flexibility index (Phi) is 3.40. The van der Waals surface area contributed by atoms with Crippen LogP contribution in [0.1, 0.15) is 21.6 Å². The quantitative estimate of drug-likeness (QED) is 0.893. The van der Waals surface area contributed by atoms with Gasteiger partial charge in [0, 0.05) is 30.9 Å². The number of rotatable bonds is 3. The van der Waals surface area contributed by atoms with Crippen molar-refractivity contribution in [1.82, 2.24) is 15.6 Å². The van der Waals surface area contributed by atoms with E-state index in [4.69, 9.17) is 0 Å². The Morgan fingerprint density at radius 1 is 1.35 bits per heavy atom. The van der Waals surface area contributed by atoms with Gasteiger partial charge >= 0.3 is 0 Å². The van der Waals surface area contributed by atoms with Gasteiger partial charge in [-0.1, -0.05) is 11.6 Å². The van der Waals surface area contributed by atoms with Crippen LogP contribution in [0.25, 0.3) is 10.9 Å². The highest BCUT2D eigenvalue weighted by Gasteiger charge is 2.18. The second kappa shape index (κ2) is 5.21. The molecule has 104 valence electrons. The number of carbonyl (C=O) groups excluding carboxylic acids is 1. The van der Waals surface area contributed by atoms with E-state index in [1.54, 1.807) is 0 Å². The first kappa shape index (κ1) is 13.1. The van der Waals surface area contributed by atoms with Crippen LogP contribution in [0.15, 0.2) is 24.3 Å². The van der Waals surface area contributed by atoms with Gasteiger partial charge in [0.05, 0.1) is 16.8 Å². The Balaban J connectivity index is 1.85. The topological polar surface area (TPSA) is 54.0 Å². The van der Waals surface area contributed by atoms with Crippen LogP contribution in [0.2, 0.25) is 0 Å². The molecule has 1 aliphatic heterocycles. The summed E-state index contributed by atoms with van der Waals surface area (Å²) >= 11 is 0. The second-order valence-corrected chi connectivity index (χ2v) is 5.55. The molecule has 1 fully saturated rings. The molecule has 0 saturated carbocycles. The van der Waals surface area contributed by atoms with Crippen LogP contribution >= 0.6 is 0 Å². The van der Waals surface area contributed by atoms with E-state index in [2.05, 4.69) is 21.7 Å². The van der Waals surface area contributed by atoms with E-state index in [-0.39, 0.29) is 5.91 Å². The number of nitrogens with one attached hydrogen (secondary N) is 2. The van der Waals surface area contributed by atoms with Crippen LogP contribution in [-0.4, -0.2) is 30.5 Å². The fourth-order valence-corrected chi connectivity index (χ4v) is 2.45. The summed E-state index contributed by atoms with van der Waals surface area (Å²) < 4.78 is 0. The number of aromatic nitrogens is 1. The molecule has 4 nitrogen and oxygen atoms in total. The third-order valence-corrected chi connectivity index (χ3v) is 3.82. The van der Waals surface area contributed by atoms with Crippen molar-refractivity contribution in [3.63, 3.8) is 0 Å². The molecule has 2 heterocycles. The highest BCUT2D eigenvalue weighted by molar-refractivity contribution is 5.98. The lowest BCUT2D eigenvalue weighted by molar-refractivity contribution is 0.0941. The SMILES string of the molecule is Cc1ccc2nc(C)c(C(=O)NCC3CNC3)cc2c1. The van der Waals surface area contributed by atoms with E-state index in [1.165, 1.54) is 5.56 Å². The number of pyridine rings is 1. The maximum absolute atomic E-state index is 12.3. The number of amides is 1. The molecule has 0 bridgehead atoms. The molecular formula is C16H19N3O. The van der Waals surface area contributed by atoms with Crippen molar-refractivity contribution < 1.29 is 4.79 Å². The zero-order valence-electron chi connectivity index (χ0n) is 11.9. The molecule has 20 heavy (non-hydrogen) atoms. The number of hydrogen-bond acceptors (Lipinski definition) is 3. The van der Waals surface area contributed by atoms with Crippen molar-refractivity contribution in [3.05, 3.63) is 41.1 Å². The zero-order valence-corrected chi connectivity index (χ0v) is 11.9. The van der Waals surface area contributed by atoms with Gasteiger partial charge in [0.1, 0.15) is 0 Å².